The van der Waals surface area contributed by atoms with Gasteiger partial charge < -0.3 is 0 Å². The summed E-state index contributed by atoms with van der Waals surface area (Å²) in [6.07, 6.45) is 0. The van der Waals surface area contributed by atoms with Crippen molar-refractivity contribution in [2.24, 2.45) is 0 Å². The van der Waals surface area contributed by atoms with Gasteiger partial charge in [0.25, 0.3) is 0 Å². The van der Waals surface area contributed by atoms with E-state index in [4.69, 9.17) is 0 Å². The summed E-state index contributed by atoms with van der Waals surface area (Å²) in [5.41, 5.74) is 0. The van der Waals surface area contributed by atoms with Gasteiger partial charge in [0.1, 0.15) is 0 Å². The second-order valence-electron chi connectivity index (χ2n) is 0. The van der Waals surface area contributed by atoms with E-state index >= 15 is 0 Å². The van der Waals surface area contributed by atoms with Gasteiger partial charge in [0, 0.05) is 104 Å². The molecule has 0 atom stereocenters. The first-order valence-corrected chi connectivity index (χ1v) is 0. The Bertz CT molecular complexity index is 11.6. The monoisotopic (exact) mass is 423 g/mol. The third-order valence-corrected chi connectivity index (χ3v) is 0. The molecule has 0 nitrogen and oxygen atoms in total. The molecule has 5 heavy (non-hydrogen) atoms. The summed E-state index contributed by atoms with van der Waals surface area (Å²) in [5, 5.41) is 0. The normalized spacial score (nSPS) is 0. The van der Waals surface area contributed by atoms with Crippen LogP contribution in [0.5, 0.6) is 0 Å². The molecule has 0 saturated carbocycles. The summed E-state index contributed by atoms with van der Waals surface area (Å²) in [7, 11) is 0. The van der Waals surface area contributed by atoms with Crippen molar-refractivity contribution >= 4 is 69.5 Å². The second-order valence-corrected chi connectivity index (χ2v) is 0. The molecular weight excluding hydrogens is 423 g/mol. The Morgan fingerprint density at radius 1 is 1.00 bits per heavy atom. The molecule has 0 aromatic heterocycles. The number of hydrogen-bond acceptors (Lipinski definition) is 0. The molecule has 29 valence electrons. The molecule has 0 aliphatic heterocycles. The molecule has 0 aliphatic carbocycles. The average molecular weight is 423 g/mol. The summed E-state index contributed by atoms with van der Waals surface area (Å²) in [6.45, 7) is 0. The summed E-state index contributed by atoms with van der Waals surface area (Å²) in [4.78, 5) is 0. The Balaban J connectivity index is 0. The van der Waals surface area contributed by atoms with Gasteiger partial charge in [-0.1, -0.05) is 0 Å². The van der Waals surface area contributed by atoms with Crippen molar-refractivity contribution < 1.29 is 34.1 Å². The Kier molecular flexibility index (Phi) is 213. The zero-order valence-electron chi connectivity index (χ0n) is 2.31. The van der Waals surface area contributed by atoms with E-state index in [0.29, 0.717) is 0 Å². The predicted molar refractivity (Wildman–Crippen MR) is 17.3 cm³/mol. The fraction of sp³-hybridized carbons (Fsp3) is 0. The topological polar surface area (TPSA) is 0 Å². The molecule has 0 unspecified atom stereocenters. The first kappa shape index (κ1) is 40.2. The van der Waals surface area contributed by atoms with Crippen LogP contribution in [0.2, 0.25) is 0 Å². The molecule has 0 aliphatic rings. The molecule has 0 aromatic carbocycles. The van der Waals surface area contributed by atoms with Gasteiger partial charge in [0.05, 0.1) is 0 Å². The molecule has 0 N–H and O–H groups in total. The maximum Gasteiger partial charge on any atom is 0 e. The van der Waals surface area contributed by atoms with Crippen molar-refractivity contribution in [2.75, 3.05) is 0 Å². The van der Waals surface area contributed by atoms with E-state index in [0.717, 1.165) is 0 Å². The van der Waals surface area contributed by atoms with Crippen molar-refractivity contribution in [1.29, 1.82) is 0 Å². The molecule has 0 fully saturated rings. The number of rotatable bonds is 0. The SMILES string of the molecule is [Cu].[Fe].[Ga].[In].[Sn]. The van der Waals surface area contributed by atoms with Gasteiger partial charge in [-0.15, -0.1) is 0 Å². The summed E-state index contributed by atoms with van der Waals surface area (Å²) < 4.78 is 0. The van der Waals surface area contributed by atoms with E-state index in [1.54, 1.807) is 0 Å². The predicted octanol–water partition coefficient (Wildman–Crippen LogP) is -1.15. The minimum atomic E-state index is 0. The number of hydrogen-bond donors (Lipinski definition) is 0. The zero-order chi connectivity index (χ0) is 0. The molecule has 11 radical (unpaired) electrons. The molecular formula is CuFeGaInSn. The Morgan fingerprint density at radius 3 is 1.00 bits per heavy atom. The van der Waals surface area contributed by atoms with Gasteiger partial charge in [-0.2, -0.15) is 0 Å². The molecule has 0 heterocycles. The Labute approximate surface area is 102 Å². The zero-order valence-corrected chi connectivity index (χ0v) is 12.9. The molecule has 0 spiro atoms. The van der Waals surface area contributed by atoms with Crippen molar-refractivity contribution in [1.82, 2.24) is 0 Å². The van der Waals surface area contributed by atoms with Crippen LogP contribution in [0.1, 0.15) is 0 Å². The third kappa shape index (κ3) is 18.8. The van der Waals surface area contributed by atoms with E-state index in [1.807, 2.05) is 0 Å². The van der Waals surface area contributed by atoms with Crippen molar-refractivity contribution in [3.63, 3.8) is 0 Å². The summed E-state index contributed by atoms with van der Waals surface area (Å²) in [5.74, 6) is 0. The van der Waals surface area contributed by atoms with Crippen LogP contribution in [0.15, 0.2) is 0 Å². The Morgan fingerprint density at radius 2 is 1.00 bits per heavy atom. The van der Waals surface area contributed by atoms with Crippen LogP contribution < -0.4 is 0 Å². The fourth-order valence-corrected chi connectivity index (χ4v) is 0. The van der Waals surface area contributed by atoms with Gasteiger partial charge in [0.15, 0.2) is 0 Å². The average Bonchev–Trinajstić information content (AvgIpc) is 0. The van der Waals surface area contributed by atoms with Crippen LogP contribution in [-0.2, 0) is 34.1 Å². The van der Waals surface area contributed by atoms with Gasteiger partial charge in [0.2, 0.25) is 0 Å². The largest absolute Gasteiger partial charge is 0 e. The van der Waals surface area contributed by atoms with Gasteiger partial charge in [-0.05, 0) is 0 Å². The van der Waals surface area contributed by atoms with Crippen molar-refractivity contribution in [2.45, 2.75) is 0 Å². The maximum absolute atomic E-state index is 0. The van der Waals surface area contributed by atoms with Gasteiger partial charge >= 0.3 is 0 Å². The molecule has 0 bridgehead atoms. The van der Waals surface area contributed by atoms with Gasteiger partial charge in [-0.3, -0.25) is 0 Å². The van der Waals surface area contributed by atoms with Crippen molar-refractivity contribution in [3.8, 4) is 0 Å². The van der Waals surface area contributed by atoms with Crippen molar-refractivity contribution in [3.05, 3.63) is 0 Å². The van der Waals surface area contributed by atoms with Crippen LogP contribution in [0, 0.1) is 0 Å². The maximum atomic E-state index is 0. The van der Waals surface area contributed by atoms with Gasteiger partial charge in [-0.25, -0.2) is 0 Å². The molecule has 5 heteroatoms. The third-order valence-electron chi connectivity index (χ3n) is 0. The molecule has 0 rings (SSSR count). The van der Waals surface area contributed by atoms with Crippen LogP contribution in [0.4, 0.5) is 0 Å². The van der Waals surface area contributed by atoms with Crippen LogP contribution >= 0.6 is 0 Å². The first-order valence-electron chi connectivity index (χ1n) is 0. The Hall–Kier alpha value is 3.34. The standard InChI is InChI=1S/Cu.Fe.Ga.In.Sn. The fourth-order valence-electron chi connectivity index (χ4n) is 0. The molecule has 0 aromatic rings. The van der Waals surface area contributed by atoms with E-state index in [9.17, 15) is 0 Å². The molecule has 0 amide bonds. The second kappa shape index (κ2) is 26.4. The molecule has 0 saturated heterocycles. The van der Waals surface area contributed by atoms with E-state index in [1.165, 1.54) is 0 Å². The minimum Gasteiger partial charge on any atom is 0 e. The van der Waals surface area contributed by atoms with E-state index < -0.39 is 0 Å². The first-order chi connectivity index (χ1) is 0. The van der Waals surface area contributed by atoms with Crippen LogP contribution in [-0.4, -0.2) is 69.5 Å². The van der Waals surface area contributed by atoms with Crippen LogP contribution in [0.25, 0.3) is 0 Å². The summed E-state index contributed by atoms with van der Waals surface area (Å²) in [6, 6.07) is 0. The van der Waals surface area contributed by atoms with E-state index in [2.05, 4.69) is 0 Å². The van der Waals surface area contributed by atoms with E-state index in [-0.39, 0.29) is 104 Å². The smallest absolute Gasteiger partial charge is 0 e. The minimum absolute atomic E-state index is 0. The summed E-state index contributed by atoms with van der Waals surface area (Å²) >= 11 is 0. The van der Waals surface area contributed by atoms with Crippen LogP contribution in [0.3, 0.4) is 0 Å². The quantitative estimate of drug-likeness (QED) is 0.433.